The molecular weight excluding hydrogens is 551 g/mol. The molecule has 2 aromatic heterocycles. The number of amides is 1. The first-order valence-corrected chi connectivity index (χ1v) is 15.1. The van der Waals surface area contributed by atoms with Gasteiger partial charge in [-0.25, -0.2) is 9.97 Å². The molecule has 220 valence electrons. The van der Waals surface area contributed by atoms with Crippen molar-refractivity contribution in [2.45, 2.75) is 50.9 Å². The first-order valence-electron chi connectivity index (χ1n) is 14.3. The highest BCUT2D eigenvalue weighted by Gasteiger charge is 2.49. The fourth-order valence-corrected chi connectivity index (χ4v) is 7.57. The van der Waals surface area contributed by atoms with Crippen molar-refractivity contribution in [2.24, 2.45) is 5.41 Å². The van der Waals surface area contributed by atoms with Crippen LogP contribution in [0.5, 0.6) is 0 Å². The SMILES string of the molecule is CC(CN1CCNCC1)NC(=O)c1ccc(NC2CC3(CCN(c4ncnc5sc(CC(F)(F)F)cc45)C3)C2)cc1. The third-order valence-electron chi connectivity index (χ3n) is 8.47. The summed E-state index contributed by atoms with van der Waals surface area (Å²) in [6.07, 6.45) is -0.651. The molecule has 3 N–H and O–H groups in total. The second kappa shape index (κ2) is 11.4. The van der Waals surface area contributed by atoms with Crippen molar-refractivity contribution in [1.82, 2.24) is 25.5 Å². The van der Waals surface area contributed by atoms with Gasteiger partial charge in [0, 0.05) is 74.0 Å². The highest BCUT2D eigenvalue weighted by Crippen LogP contribution is 2.50. The standard InChI is InChI=1S/C29H36F3N7OS/c1-19(16-38-10-7-33-8-11-38)36-26(40)20-2-4-21(5-3-20)37-22-13-28(14-22)6-9-39(17-28)25-24-12-23(15-29(30,31)32)41-27(24)35-18-34-25/h2-5,12,18-19,22,33,37H,6-11,13-17H2,1H3,(H,36,40). The molecule has 1 saturated carbocycles. The van der Waals surface area contributed by atoms with Gasteiger partial charge in [-0.1, -0.05) is 0 Å². The van der Waals surface area contributed by atoms with E-state index < -0.39 is 12.6 Å². The Kier molecular flexibility index (Phi) is 7.82. The van der Waals surface area contributed by atoms with Gasteiger partial charge in [0.25, 0.3) is 5.91 Å². The van der Waals surface area contributed by atoms with E-state index in [1.165, 1.54) is 6.33 Å². The van der Waals surface area contributed by atoms with Gasteiger partial charge in [-0.15, -0.1) is 11.3 Å². The van der Waals surface area contributed by atoms with Gasteiger partial charge in [0.2, 0.25) is 0 Å². The molecule has 41 heavy (non-hydrogen) atoms. The van der Waals surface area contributed by atoms with Gasteiger partial charge in [-0.2, -0.15) is 13.2 Å². The van der Waals surface area contributed by atoms with E-state index in [-0.39, 0.29) is 22.2 Å². The summed E-state index contributed by atoms with van der Waals surface area (Å²) in [5.74, 6) is 0.687. The molecule has 1 unspecified atom stereocenters. The number of nitrogens with zero attached hydrogens (tertiary/aromatic N) is 4. The lowest BCUT2D eigenvalue weighted by Gasteiger charge is -2.46. The second-order valence-electron chi connectivity index (χ2n) is 11.8. The number of hydrogen-bond acceptors (Lipinski definition) is 8. The van der Waals surface area contributed by atoms with Crippen molar-refractivity contribution in [3.05, 3.63) is 47.1 Å². The molecule has 0 bridgehead atoms. The molecule has 2 aliphatic heterocycles. The minimum atomic E-state index is -4.24. The maximum atomic E-state index is 12.9. The molecule has 12 heteroatoms. The van der Waals surface area contributed by atoms with Crippen LogP contribution < -0.4 is 20.9 Å². The largest absolute Gasteiger partial charge is 0.393 e. The molecule has 1 aliphatic carbocycles. The van der Waals surface area contributed by atoms with Gasteiger partial charge in [-0.3, -0.25) is 9.69 Å². The Morgan fingerprint density at radius 2 is 1.93 bits per heavy atom. The summed E-state index contributed by atoms with van der Waals surface area (Å²) >= 11 is 1.09. The minimum Gasteiger partial charge on any atom is -0.382 e. The molecule has 6 rings (SSSR count). The predicted molar refractivity (Wildman–Crippen MR) is 156 cm³/mol. The molecule has 1 atom stereocenters. The lowest BCUT2D eigenvalue weighted by Crippen LogP contribution is -2.49. The topological polar surface area (TPSA) is 85.4 Å². The zero-order valence-corrected chi connectivity index (χ0v) is 24.0. The number of benzene rings is 1. The number of nitrogens with one attached hydrogen (secondary N) is 3. The molecular formula is C29H36F3N7OS. The van der Waals surface area contributed by atoms with Crippen molar-refractivity contribution < 1.29 is 18.0 Å². The highest BCUT2D eigenvalue weighted by molar-refractivity contribution is 7.18. The molecule has 4 heterocycles. The van der Waals surface area contributed by atoms with Crippen molar-refractivity contribution >= 4 is 39.0 Å². The number of aromatic nitrogens is 2. The van der Waals surface area contributed by atoms with Crippen LogP contribution in [-0.4, -0.2) is 84.8 Å². The Morgan fingerprint density at radius 1 is 1.17 bits per heavy atom. The van der Waals surface area contributed by atoms with Crippen molar-refractivity contribution in [1.29, 1.82) is 0 Å². The van der Waals surface area contributed by atoms with Crippen LogP contribution in [0, 0.1) is 5.41 Å². The summed E-state index contributed by atoms with van der Waals surface area (Å²) in [4.78, 5) is 26.9. The molecule has 3 fully saturated rings. The number of halogens is 3. The van der Waals surface area contributed by atoms with Crippen LogP contribution in [0.3, 0.4) is 0 Å². The minimum absolute atomic E-state index is 0.0530. The van der Waals surface area contributed by atoms with Crippen LogP contribution in [0.15, 0.2) is 36.7 Å². The summed E-state index contributed by atoms with van der Waals surface area (Å²) < 4.78 is 38.8. The normalized spacial score (nSPS) is 24.0. The van der Waals surface area contributed by atoms with E-state index in [1.54, 1.807) is 6.07 Å². The zero-order chi connectivity index (χ0) is 28.6. The van der Waals surface area contributed by atoms with Crippen LogP contribution in [0.25, 0.3) is 10.2 Å². The first-order chi connectivity index (χ1) is 19.6. The van der Waals surface area contributed by atoms with Gasteiger partial charge in [-0.05, 0) is 61.9 Å². The Morgan fingerprint density at radius 3 is 2.66 bits per heavy atom. The number of anilines is 2. The Labute approximate surface area is 241 Å². The number of carbonyl (C=O) groups excluding carboxylic acids is 1. The summed E-state index contributed by atoms with van der Waals surface area (Å²) in [6.45, 7) is 8.57. The molecule has 3 aromatic rings. The fourth-order valence-electron chi connectivity index (χ4n) is 6.55. The first kappa shape index (κ1) is 28.2. The van der Waals surface area contributed by atoms with E-state index >= 15 is 0 Å². The second-order valence-corrected chi connectivity index (χ2v) is 13.0. The summed E-state index contributed by atoms with van der Waals surface area (Å²) in [5.41, 5.74) is 1.83. The van der Waals surface area contributed by atoms with Crippen LogP contribution in [-0.2, 0) is 6.42 Å². The fraction of sp³-hybridized carbons (Fsp3) is 0.552. The van der Waals surface area contributed by atoms with E-state index in [4.69, 9.17) is 0 Å². The molecule has 1 spiro atoms. The molecule has 1 amide bonds. The number of fused-ring (bicyclic) bond motifs is 1. The van der Waals surface area contributed by atoms with E-state index in [0.717, 1.165) is 87.9 Å². The number of thiophene rings is 1. The molecule has 2 saturated heterocycles. The number of alkyl halides is 3. The Balaban J connectivity index is 0.998. The van der Waals surface area contributed by atoms with E-state index in [0.29, 0.717) is 21.8 Å². The van der Waals surface area contributed by atoms with Gasteiger partial charge >= 0.3 is 6.18 Å². The Hall–Kier alpha value is -2.96. The van der Waals surface area contributed by atoms with Crippen molar-refractivity contribution in [2.75, 3.05) is 56.0 Å². The highest BCUT2D eigenvalue weighted by atomic mass is 32.1. The molecule has 1 aromatic carbocycles. The Bertz CT molecular complexity index is 1370. The average Bonchev–Trinajstić information content (AvgIpc) is 3.52. The third kappa shape index (κ3) is 6.60. The van der Waals surface area contributed by atoms with E-state index in [2.05, 4.69) is 35.7 Å². The molecule has 0 radical (unpaired) electrons. The van der Waals surface area contributed by atoms with Gasteiger partial charge in [0.1, 0.15) is 17.0 Å². The number of piperazine rings is 1. The molecule has 8 nitrogen and oxygen atoms in total. The predicted octanol–water partition coefficient (Wildman–Crippen LogP) is 4.29. The van der Waals surface area contributed by atoms with Crippen LogP contribution in [0.4, 0.5) is 24.7 Å². The lowest BCUT2D eigenvalue weighted by molar-refractivity contribution is -0.126. The zero-order valence-electron chi connectivity index (χ0n) is 23.1. The number of hydrogen-bond donors (Lipinski definition) is 3. The smallest absolute Gasteiger partial charge is 0.382 e. The van der Waals surface area contributed by atoms with Crippen LogP contribution >= 0.6 is 11.3 Å². The summed E-state index contributed by atoms with van der Waals surface area (Å²) in [6, 6.07) is 9.71. The lowest BCUT2D eigenvalue weighted by atomic mass is 9.65. The molecule has 3 aliphatic rings. The summed E-state index contributed by atoms with van der Waals surface area (Å²) in [7, 11) is 0. The van der Waals surface area contributed by atoms with E-state index in [1.807, 2.05) is 31.2 Å². The van der Waals surface area contributed by atoms with Gasteiger partial charge < -0.3 is 20.9 Å². The quantitative estimate of drug-likeness (QED) is 0.363. The van der Waals surface area contributed by atoms with Crippen molar-refractivity contribution in [3.8, 4) is 0 Å². The van der Waals surface area contributed by atoms with Crippen LogP contribution in [0.1, 0.15) is 41.4 Å². The number of rotatable bonds is 8. The van der Waals surface area contributed by atoms with Crippen LogP contribution in [0.2, 0.25) is 0 Å². The van der Waals surface area contributed by atoms with Gasteiger partial charge in [0.15, 0.2) is 0 Å². The third-order valence-corrected chi connectivity index (χ3v) is 9.51. The maximum absolute atomic E-state index is 12.9. The summed E-state index contributed by atoms with van der Waals surface area (Å²) in [5, 5.41) is 10.8. The number of carbonyl (C=O) groups is 1. The van der Waals surface area contributed by atoms with Gasteiger partial charge in [0.05, 0.1) is 11.8 Å². The maximum Gasteiger partial charge on any atom is 0.393 e. The van der Waals surface area contributed by atoms with E-state index in [9.17, 15) is 18.0 Å². The average molecular weight is 588 g/mol. The van der Waals surface area contributed by atoms with Crippen molar-refractivity contribution in [3.63, 3.8) is 0 Å². The monoisotopic (exact) mass is 587 g/mol.